The van der Waals surface area contributed by atoms with E-state index in [1.165, 1.54) is 6.07 Å². The van der Waals surface area contributed by atoms with Crippen LogP contribution in [0.3, 0.4) is 0 Å². The molecular formula is C15H13BrN2O3. The van der Waals surface area contributed by atoms with Crippen molar-refractivity contribution in [2.24, 2.45) is 5.73 Å². The number of benzene rings is 2. The maximum absolute atomic E-state index is 11.8. The van der Waals surface area contributed by atoms with E-state index >= 15 is 0 Å². The molecule has 0 spiro atoms. The Balaban J connectivity index is 1.93. The predicted octanol–water partition coefficient (Wildman–Crippen LogP) is 2.57. The Morgan fingerprint density at radius 3 is 2.62 bits per heavy atom. The van der Waals surface area contributed by atoms with Gasteiger partial charge in [0, 0.05) is 15.7 Å². The van der Waals surface area contributed by atoms with Gasteiger partial charge in [0.25, 0.3) is 5.91 Å². The van der Waals surface area contributed by atoms with Crippen molar-refractivity contribution in [1.82, 2.24) is 0 Å². The molecule has 0 aromatic heterocycles. The fourth-order valence-corrected chi connectivity index (χ4v) is 2.03. The average molecular weight is 349 g/mol. The van der Waals surface area contributed by atoms with Crippen molar-refractivity contribution in [2.45, 2.75) is 0 Å². The lowest BCUT2D eigenvalue weighted by molar-refractivity contribution is -0.118. The van der Waals surface area contributed by atoms with Crippen LogP contribution in [0.2, 0.25) is 0 Å². The summed E-state index contributed by atoms with van der Waals surface area (Å²) in [5.41, 5.74) is 6.01. The monoisotopic (exact) mass is 348 g/mol. The SMILES string of the molecule is NC(=O)c1cccc(NC(=O)COc2cccc(Br)c2)c1. The van der Waals surface area contributed by atoms with Crippen LogP contribution in [0.15, 0.2) is 53.0 Å². The molecule has 0 aliphatic carbocycles. The van der Waals surface area contributed by atoms with E-state index in [2.05, 4.69) is 21.2 Å². The van der Waals surface area contributed by atoms with Crippen LogP contribution in [0.25, 0.3) is 0 Å². The van der Waals surface area contributed by atoms with Gasteiger partial charge in [-0.2, -0.15) is 0 Å². The Bertz CT molecular complexity index is 673. The summed E-state index contributed by atoms with van der Waals surface area (Å²) in [5, 5.41) is 2.64. The largest absolute Gasteiger partial charge is 0.484 e. The van der Waals surface area contributed by atoms with Crippen LogP contribution in [0, 0.1) is 0 Å². The first-order chi connectivity index (χ1) is 10.0. The van der Waals surface area contributed by atoms with Crippen molar-refractivity contribution in [2.75, 3.05) is 11.9 Å². The van der Waals surface area contributed by atoms with Crippen LogP contribution in [-0.4, -0.2) is 18.4 Å². The van der Waals surface area contributed by atoms with E-state index in [-0.39, 0.29) is 12.5 Å². The third-order valence-electron chi connectivity index (χ3n) is 2.60. The Kier molecular flexibility index (Phi) is 4.94. The van der Waals surface area contributed by atoms with E-state index in [0.29, 0.717) is 17.0 Å². The number of amides is 2. The zero-order valence-electron chi connectivity index (χ0n) is 11.0. The molecule has 2 aromatic carbocycles. The Morgan fingerprint density at radius 2 is 1.90 bits per heavy atom. The lowest BCUT2D eigenvalue weighted by atomic mass is 10.2. The van der Waals surface area contributed by atoms with Crippen molar-refractivity contribution in [3.63, 3.8) is 0 Å². The van der Waals surface area contributed by atoms with Crippen LogP contribution < -0.4 is 15.8 Å². The minimum absolute atomic E-state index is 0.128. The number of hydrogen-bond acceptors (Lipinski definition) is 3. The molecule has 0 bridgehead atoms. The summed E-state index contributed by atoms with van der Waals surface area (Å²) in [7, 11) is 0. The molecule has 5 nitrogen and oxygen atoms in total. The van der Waals surface area contributed by atoms with Gasteiger partial charge in [0.05, 0.1) is 0 Å². The highest BCUT2D eigenvalue weighted by atomic mass is 79.9. The third-order valence-corrected chi connectivity index (χ3v) is 3.09. The summed E-state index contributed by atoms with van der Waals surface area (Å²) in [6.45, 7) is -0.128. The maximum Gasteiger partial charge on any atom is 0.262 e. The van der Waals surface area contributed by atoms with Crippen molar-refractivity contribution in [3.05, 3.63) is 58.6 Å². The molecule has 0 radical (unpaired) electrons. The molecule has 0 unspecified atom stereocenters. The molecule has 3 N–H and O–H groups in total. The van der Waals surface area contributed by atoms with Gasteiger partial charge >= 0.3 is 0 Å². The lowest BCUT2D eigenvalue weighted by Crippen LogP contribution is -2.20. The smallest absolute Gasteiger partial charge is 0.262 e. The molecule has 0 aliphatic heterocycles. The zero-order chi connectivity index (χ0) is 15.2. The fraction of sp³-hybridized carbons (Fsp3) is 0.0667. The first-order valence-corrected chi connectivity index (χ1v) is 6.92. The molecule has 0 saturated heterocycles. The third kappa shape index (κ3) is 4.61. The number of rotatable bonds is 5. The minimum atomic E-state index is -0.545. The van der Waals surface area contributed by atoms with Gasteiger partial charge in [-0.3, -0.25) is 9.59 Å². The van der Waals surface area contributed by atoms with Gasteiger partial charge in [0.2, 0.25) is 5.91 Å². The maximum atomic E-state index is 11.8. The van der Waals surface area contributed by atoms with E-state index in [9.17, 15) is 9.59 Å². The highest BCUT2D eigenvalue weighted by Gasteiger charge is 2.06. The van der Waals surface area contributed by atoms with E-state index in [1.807, 2.05) is 12.1 Å². The number of hydrogen-bond donors (Lipinski definition) is 2. The Labute approximate surface area is 130 Å². The second kappa shape index (κ2) is 6.90. The molecule has 2 aromatic rings. The number of ether oxygens (including phenoxy) is 1. The van der Waals surface area contributed by atoms with Crippen LogP contribution in [0.5, 0.6) is 5.75 Å². The van der Waals surface area contributed by atoms with Crippen LogP contribution >= 0.6 is 15.9 Å². The van der Waals surface area contributed by atoms with Crippen LogP contribution in [0.4, 0.5) is 5.69 Å². The molecule has 108 valence electrons. The van der Waals surface area contributed by atoms with Crippen LogP contribution in [-0.2, 0) is 4.79 Å². The van der Waals surface area contributed by atoms with E-state index in [0.717, 1.165) is 4.47 Å². The molecule has 2 amide bonds. The summed E-state index contributed by atoms with van der Waals surface area (Å²) >= 11 is 3.32. The first-order valence-electron chi connectivity index (χ1n) is 6.12. The van der Waals surface area contributed by atoms with Gasteiger partial charge in [-0.05, 0) is 36.4 Å². The average Bonchev–Trinajstić information content (AvgIpc) is 2.45. The van der Waals surface area contributed by atoms with E-state index in [1.54, 1.807) is 30.3 Å². The van der Waals surface area contributed by atoms with Gasteiger partial charge in [0.15, 0.2) is 6.61 Å². The Morgan fingerprint density at radius 1 is 1.14 bits per heavy atom. The molecule has 0 fully saturated rings. The van der Waals surface area contributed by atoms with Gasteiger partial charge in [-0.1, -0.05) is 28.1 Å². The molecule has 0 atom stereocenters. The zero-order valence-corrected chi connectivity index (χ0v) is 12.6. The van der Waals surface area contributed by atoms with Crippen molar-refractivity contribution < 1.29 is 14.3 Å². The minimum Gasteiger partial charge on any atom is -0.484 e. The summed E-state index contributed by atoms with van der Waals surface area (Å²) < 4.78 is 6.23. The number of anilines is 1. The highest BCUT2D eigenvalue weighted by molar-refractivity contribution is 9.10. The van der Waals surface area contributed by atoms with Crippen LogP contribution in [0.1, 0.15) is 10.4 Å². The molecular weight excluding hydrogens is 336 g/mol. The highest BCUT2D eigenvalue weighted by Crippen LogP contribution is 2.17. The molecule has 0 saturated carbocycles. The number of nitrogens with one attached hydrogen (secondary N) is 1. The normalized spacial score (nSPS) is 9.95. The molecule has 0 aliphatic rings. The van der Waals surface area contributed by atoms with E-state index < -0.39 is 5.91 Å². The van der Waals surface area contributed by atoms with Crippen molar-refractivity contribution in [3.8, 4) is 5.75 Å². The number of carbonyl (C=O) groups is 2. The quantitative estimate of drug-likeness (QED) is 0.871. The standard InChI is InChI=1S/C15H13BrN2O3/c16-11-4-2-6-13(8-11)21-9-14(19)18-12-5-1-3-10(7-12)15(17)20/h1-8H,9H2,(H2,17,20)(H,18,19). The lowest BCUT2D eigenvalue weighted by Gasteiger charge is -2.08. The summed E-state index contributed by atoms with van der Waals surface area (Å²) in [4.78, 5) is 22.8. The summed E-state index contributed by atoms with van der Waals surface area (Å²) in [6, 6.07) is 13.6. The molecule has 0 heterocycles. The van der Waals surface area contributed by atoms with Gasteiger partial charge < -0.3 is 15.8 Å². The van der Waals surface area contributed by atoms with Crippen molar-refractivity contribution >= 4 is 33.4 Å². The topological polar surface area (TPSA) is 81.4 Å². The van der Waals surface area contributed by atoms with Crippen molar-refractivity contribution in [1.29, 1.82) is 0 Å². The molecule has 21 heavy (non-hydrogen) atoms. The second-order valence-corrected chi connectivity index (χ2v) is 5.15. The number of carbonyl (C=O) groups excluding carboxylic acids is 2. The van der Waals surface area contributed by atoms with E-state index in [4.69, 9.17) is 10.5 Å². The number of halogens is 1. The number of primary amides is 1. The van der Waals surface area contributed by atoms with Gasteiger partial charge in [-0.15, -0.1) is 0 Å². The number of nitrogens with two attached hydrogens (primary N) is 1. The summed E-state index contributed by atoms with van der Waals surface area (Å²) in [6.07, 6.45) is 0. The Hall–Kier alpha value is -2.34. The van der Waals surface area contributed by atoms with Gasteiger partial charge in [-0.25, -0.2) is 0 Å². The first kappa shape index (κ1) is 15.1. The second-order valence-electron chi connectivity index (χ2n) is 4.24. The molecule has 6 heteroatoms. The summed E-state index contributed by atoms with van der Waals surface area (Å²) in [5.74, 6) is -0.279. The predicted molar refractivity (Wildman–Crippen MR) is 83.2 cm³/mol. The molecule has 2 rings (SSSR count). The van der Waals surface area contributed by atoms with Gasteiger partial charge in [0.1, 0.15) is 5.75 Å². The fourth-order valence-electron chi connectivity index (χ4n) is 1.65.